The van der Waals surface area contributed by atoms with Gasteiger partial charge in [0.05, 0.1) is 0 Å². The van der Waals surface area contributed by atoms with Crippen molar-refractivity contribution in [2.24, 2.45) is 0 Å². The van der Waals surface area contributed by atoms with Crippen LogP contribution in [0.5, 0.6) is 0 Å². The van der Waals surface area contributed by atoms with Crippen molar-refractivity contribution in [3.8, 4) is 0 Å². The second kappa shape index (κ2) is 4.64. The van der Waals surface area contributed by atoms with Gasteiger partial charge in [-0.3, -0.25) is 0 Å². The van der Waals surface area contributed by atoms with Gasteiger partial charge < -0.3 is 0 Å². The number of allylic oxidation sites excluding steroid dienone is 1. The van der Waals surface area contributed by atoms with Gasteiger partial charge in [-0.05, 0) is 0 Å². The number of hydrogen-bond donors (Lipinski definition) is 0. The third kappa shape index (κ3) is 2.72. The van der Waals surface area contributed by atoms with Gasteiger partial charge in [-0.25, -0.2) is 0 Å². The van der Waals surface area contributed by atoms with Crippen LogP contribution in [0.3, 0.4) is 0 Å². The minimum absolute atomic E-state index is 0.573. The summed E-state index contributed by atoms with van der Waals surface area (Å²) in [6.07, 6.45) is 2.01. The van der Waals surface area contributed by atoms with Crippen molar-refractivity contribution in [2.45, 2.75) is 26.1 Å². The molecule has 0 fully saturated rings. The van der Waals surface area contributed by atoms with E-state index in [4.69, 9.17) is 0 Å². The molecule has 0 bridgehead atoms. The molecular weight excluding hydrogens is 223 g/mol. The van der Waals surface area contributed by atoms with Gasteiger partial charge in [0.1, 0.15) is 0 Å². The third-order valence-corrected chi connectivity index (χ3v) is 4.75. The molecule has 70 valence electrons. The van der Waals surface area contributed by atoms with Gasteiger partial charge in [0.25, 0.3) is 0 Å². The molecule has 0 N–H and O–H groups in total. The molecule has 1 rings (SSSR count). The first-order chi connectivity index (χ1) is 6.15. The minimum atomic E-state index is 0.573. The fraction of sp³-hybridized carbons (Fsp3) is 0.333. The molecule has 0 atom stereocenters. The van der Waals surface area contributed by atoms with Crippen LogP contribution in [0.2, 0.25) is 5.32 Å². The molecule has 0 aliphatic rings. The van der Waals surface area contributed by atoms with Gasteiger partial charge >= 0.3 is 87.0 Å². The summed E-state index contributed by atoms with van der Waals surface area (Å²) >= 11 is 0.573. The Morgan fingerprint density at radius 2 is 1.77 bits per heavy atom. The molecule has 0 spiro atoms. The second-order valence-corrected chi connectivity index (χ2v) is 5.49. The topological polar surface area (TPSA) is 0 Å². The van der Waals surface area contributed by atoms with E-state index in [0.717, 1.165) is 5.32 Å². The van der Waals surface area contributed by atoms with Crippen LogP contribution in [-0.2, 0) is 0 Å². The SMILES string of the molecule is C=CC[Se]c1c(C)cc(C)cc1C. The van der Waals surface area contributed by atoms with Crippen LogP contribution in [0.4, 0.5) is 0 Å². The molecule has 1 aromatic rings. The summed E-state index contributed by atoms with van der Waals surface area (Å²) in [4.78, 5) is 0. The summed E-state index contributed by atoms with van der Waals surface area (Å²) in [5, 5.41) is 1.14. The molecule has 1 heteroatoms. The normalized spacial score (nSPS) is 10.1. The first-order valence-corrected chi connectivity index (χ1v) is 6.53. The number of benzene rings is 1. The number of hydrogen-bond acceptors (Lipinski definition) is 0. The van der Waals surface area contributed by atoms with Gasteiger partial charge in [0.15, 0.2) is 0 Å². The van der Waals surface area contributed by atoms with Gasteiger partial charge in [-0.2, -0.15) is 0 Å². The fourth-order valence-corrected chi connectivity index (χ4v) is 3.34. The van der Waals surface area contributed by atoms with Crippen molar-refractivity contribution in [2.75, 3.05) is 0 Å². The monoisotopic (exact) mass is 240 g/mol. The summed E-state index contributed by atoms with van der Waals surface area (Å²) in [5.41, 5.74) is 4.26. The van der Waals surface area contributed by atoms with E-state index in [-0.39, 0.29) is 0 Å². The molecule has 0 amide bonds. The standard InChI is InChI=1S/C12H16Se/c1-5-6-13-12-10(3)7-9(2)8-11(12)4/h5,7-8H,1,6H2,2-4H3. The molecule has 0 nitrogen and oxygen atoms in total. The van der Waals surface area contributed by atoms with Crippen LogP contribution in [0, 0.1) is 20.8 Å². The van der Waals surface area contributed by atoms with Crippen LogP contribution in [0.25, 0.3) is 0 Å². The molecule has 0 aliphatic heterocycles. The quantitative estimate of drug-likeness (QED) is 0.561. The maximum absolute atomic E-state index is 3.77. The van der Waals surface area contributed by atoms with E-state index in [1.54, 1.807) is 4.46 Å². The Labute approximate surface area is 87.2 Å². The van der Waals surface area contributed by atoms with Crippen molar-refractivity contribution in [3.63, 3.8) is 0 Å². The van der Waals surface area contributed by atoms with Crippen molar-refractivity contribution in [1.29, 1.82) is 0 Å². The molecular formula is C12H16Se. The first-order valence-electron chi connectivity index (χ1n) is 4.46. The Morgan fingerprint density at radius 3 is 2.23 bits per heavy atom. The molecule has 0 saturated carbocycles. The average Bonchev–Trinajstić information content (AvgIpc) is 2.02. The van der Waals surface area contributed by atoms with E-state index in [2.05, 4.69) is 39.5 Å². The Hall–Kier alpha value is -0.521. The van der Waals surface area contributed by atoms with E-state index < -0.39 is 0 Å². The first kappa shape index (κ1) is 10.6. The van der Waals surface area contributed by atoms with Crippen molar-refractivity contribution < 1.29 is 0 Å². The van der Waals surface area contributed by atoms with E-state index in [1.165, 1.54) is 16.7 Å². The maximum atomic E-state index is 3.77. The molecule has 13 heavy (non-hydrogen) atoms. The van der Waals surface area contributed by atoms with E-state index in [9.17, 15) is 0 Å². The van der Waals surface area contributed by atoms with Gasteiger partial charge in [0, 0.05) is 0 Å². The summed E-state index contributed by atoms with van der Waals surface area (Å²) < 4.78 is 1.55. The zero-order valence-corrected chi connectivity index (χ0v) is 10.3. The molecule has 0 heterocycles. The molecule has 0 aromatic heterocycles. The Morgan fingerprint density at radius 1 is 1.23 bits per heavy atom. The van der Waals surface area contributed by atoms with Gasteiger partial charge in [-0.15, -0.1) is 0 Å². The molecule has 0 aliphatic carbocycles. The Kier molecular flexibility index (Phi) is 3.77. The third-order valence-electron chi connectivity index (χ3n) is 1.95. The van der Waals surface area contributed by atoms with Crippen LogP contribution >= 0.6 is 0 Å². The Bertz CT molecular complexity index is 290. The molecule has 0 saturated heterocycles. The molecule has 0 radical (unpaired) electrons. The van der Waals surface area contributed by atoms with Crippen LogP contribution < -0.4 is 4.46 Å². The van der Waals surface area contributed by atoms with E-state index >= 15 is 0 Å². The van der Waals surface area contributed by atoms with Gasteiger partial charge in [0.2, 0.25) is 0 Å². The van der Waals surface area contributed by atoms with Gasteiger partial charge in [-0.1, -0.05) is 0 Å². The van der Waals surface area contributed by atoms with E-state index in [1.807, 2.05) is 6.08 Å². The van der Waals surface area contributed by atoms with Crippen molar-refractivity contribution >= 4 is 19.4 Å². The predicted molar refractivity (Wildman–Crippen MR) is 61.0 cm³/mol. The summed E-state index contributed by atoms with van der Waals surface area (Å²) in [6.45, 7) is 10.3. The van der Waals surface area contributed by atoms with Crippen LogP contribution in [0.1, 0.15) is 16.7 Å². The fourth-order valence-electron chi connectivity index (χ4n) is 1.54. The number of rotatable bonds is 3. The second-order valence-electron chi connectivity index (χ2n) is 3.33. The molecule has 1 aromatic carbocycles. The zero-order chi connectivity index (χ0) is 9.84. The van der Waals surface area contributed by atoms with Crippen molar-refractivity contribution in [3.05, 3.63) is 41.5 Å². The Balaban J connectivity index is 2.98. The predicted octanol–water partition coefficient (Wildman–Crippen LogP) is 2.55. The molecule has 0 unspecified atom stereocenters. The summed E-state index contributed by atoms with van der Waals surface area (Å²) in [6, 6.07) is 4.54. The van der Waals surface area contributed by atoms with E-state index in [0.29, 0.717) is 15.0 Å². The van der Waals surface area contributed by atoms with Crippen molar-refractivity contribution in [1.82, 2.24) is 0 Å². The average molecular weight is 239 g/mol. The van der Waals surface area contributed by atoms with Crippen LogP contribution in [0.15, 0.2) is 24.8 Å². The summed E-state index contributed by atoms with van der Waals surface area (Å²) in [5.74, 6) is 0. The zero-order valence-electron chi connectivity index (χ0n) is 8.55. The summed E-state index contributed by atoms with van der Waals surface area (Å²) in [7, 11) is 0. The van der Waals surface area contributed by atoms with Crippen LogP contribution in [-0.4, -0.2) is 15.0 Å². The number of aryl methyl sites for hydroxylation is 3.